The van der Waals surface area contributed by atoms with E-state index in [-0.39, 0.29) is 0 Å². The van der Waals surface area contributed by atoms with E-state index in [0.29, 0.717) is 11.5 Å². The van der Waals surface area contributed by atoms with E-state index < -0.39 is 0 Å². The van der Waals surface area contributed by atoms with Gasteiger partial charge in [0.05, 0.1) is 0 Å². The molecule has 2 heteroatoms. The summed E-state index contributed by atoms with van der Waals surface area (Å²) in [6.07, 6.45) is 0. The van der Waals surface area contributed by atoms with Crippen LogP contribution in [0, 0.1) is 11.3 Å². The summed E-state index contributed by atoms with van der Waals surface area (Å²) in [6.45, 7) is 7.11. The van der Waals surface area contributed by atoms with Crippen molar-refractivity contribution < 1.29 is 0 Å². The molecule has 1 fully saturated rings. The summed E-state index contributed by atoms with van der Waals surface area (Å²) < 4.78 is 0. The highest BCUT2D eigenvalue weighted by Crippen LogP contribution is 2.57. The van der Waals surface area contributed by atoms with Crippen molar-refractivity contribution in [2.45, 2.75) is 32.7 Å². The number of nitrogens with one attached hydrogen (secondary N) is 1. The lowest BCUT2D eigenvalue weighted by atomic mass is 9.52. The van der Waals surface area contributed by atoms with Crippen molar-refractivity contribution in [2.24, 2.45) is 11.3 Å². The molecule has 78 valence electrons. The molecule has 0 aliphatic heterocycles. The van der Waals surface area contributed by atoms with E-state index in [1.54, 1.807) is 4.88 Å². The second-order valence-electron chi connectivity index (χ2n) is 4.94. The number of thiophene rings is 1. The van der Waals surface area contributed by atoms with Gasteiger partial charge >= 0.3 is 0 Å². The van der Waals surface area contributed by atoms with Crippen molar-refractivity contribution in [1.29, 1.82) is 0 Å². The summed E-state index contributed by atoms with van der Waals surface area (Å²) >= 11 is 1.90. The van der Waals surface area contributed by atoms with Crippen molar-refractivity contribution in [3.8, 4) is 0 Å². The summed E-state index contributed by atoms with van der Waals surface area (Å²) in [4.78, 5) is 1.55. The van der Waals surface area contributed by atoms with Crippen LogP contribution in [-0.2, 0) is 0 Å². The van der Waals surface area contributed by atoms with Crippen LogP contribution in [0.4, 0.5) is 0 Å². The normalized spacial score (nSPS) is 35.3. The molecule has 1 aromatic rings. The zero-order chi connectivity index (χ0) is 10.3. The highest BCUT2D eigenvalue weighted by Gasteiger charge is 2.54. The summed E-state index contributed by atoms with van der Waals surface area (Å²) in [7, 11) is 2.08. The first-order chi connectivity index (χ1) is 6.59. The van der Waals surface area contributed by atoms with E-state index in [2.05, 4.69) is 50.6 Å². The standard InChI is InChI=1S/C12H19NS/c1-8-10(9-6-5-7-14-9)12(2,3)11(8)13-4/h5-8,10-11,13H,1-4H3. The Morgan fingerprint density at radius 1 is 1.43 bits per heavy atom. The van der Waals surface area contributed by atoms with Crippen molar-refractivity contribution in [3.63, 3.8) is 0 Å². The van der Waals surface area contributed by atoms with Crippen molar-refractivity contribution in [3.05, 3.63) is 22.4 Å². The minimum atomic E-state index is 0.402. The number of rotatable bonds is 2. The molecule has 1 aromatic heterocycles. The molecule has 14 heavy (non-hydrogen) atoms. The van der Waals surface area contributed by atoms with Crippen LogP contribution < -0.4 is 5.32 Å². The Hall–Kier alpha value is -0.340. The minimum absolute atomic E-state index is 0.402. The van der Waals surface area contributed by atoms with Gasteiger partial charge in [-0.1, -0.05) is 26.8 Å². The second kappa shape index (κ2) is 3.35. The van der Waals surface area contributed by atoms with Gasteiger partial charge in [-0.3, -0.25) is 0 Å². The molecule has 1 nitrogen and oxygen atoms in total. The first kappa shape index (κ1) is 10.2. The van der Waals surface area contributed by atoms with Gasteiger partial charge in [0, 0.05) is 16.8 Å². The number of hydrogen-bond donors (Lipinski definition) is 1. The second-order valence-corrected chi connectivity index (χ2v) is 5.92. The first-order valence-electron chi connectivity index (χ1n) is 5.29. The van der Waals surface area contributed by atoms with Gasteiger partial charge in [-0.15, -0.1) is 11.3 Å². The fourth-order valence-electron chi connectivity index (χ4n) is 3.35. The molecule has 0 bridgehead atoms. The first-order valence-corrected chi connectivity index (χ1v) is 6.17. The van der Waals surface area contributed by atoms with Gasteiger partial charge in [0.25, 0.3) is 0 Å². The van der Waals surface area contributed by atoms with E-state index in [0.717, 1.165) is 11.8 Å². The Morgan fingerprint density at radius 2 is 2.14 bits per heavy atom. The highest BCUT2D eigenvalue weighted by molar-refractivity contribution is 7.10. The molecule has 0 saturated heterocycles. The van der Waals surface area contributed by atoms with Crippen LogP contribution in [0.25, 0.3) is 0 Å². The molecule has 0 aromatic carbocycles. The molecule has 0 spiro atoms. The Labute approximate surface area is 90.5 Å². The maximum absolute atomic E-state index is 3.44. The molecule has 1 aliphatic rings. The molecule has 3 unspecified atom stereocenters. The van der Waals surface area contributed by atoms with Crippen LogP contribution in [0.15, 0.2) is 17.5 Å². The topological polar surface area (TPSA) is 12.0 Å². The predicted octanol–water partition coefficient (Wildman–Crippen LogP) is 3.10. The van der Waals surface area contributed by atoms with Crippen LogP contribution in [0.2, 0.25) is 0 Å². The van der Waals surface area contributed by atoms with Crippen LogP contribution in [0.3, 0.4) is 0 Å². The van der Waals surface area contributed by atoms with Crippen LogP contribution in [0.1, 0.15) is 31.6 Å². The van der Waals surface area contributed by atoms with Crippen LogP contribution in [-0.4, -0.2) is 13.1 Å². The molecule has 1 saturated carbocycles. The fraction of sp³-hybridized carbons (Fsp3) is 0.667. The summed E-state index contributed by atoms with van der Waals surface area (Å²) in [6, 6.07) is 5.10. The molecular weight excluding hydrogens is 190 g/mol. The Balaban J connectivity index is 2.23. The smallest absolute Gasteiger partial charge is 0.0153 e. The van der Waals surface area contributed by atoms with Crippen molar-refractivity contribution >= 4 is 11.3 Å². The maximum Gasteiger partial charge on any atom is 0.0153 e. The molecule has 0 amide bonds. The van der Waals surface area contributed by atoms with Gasteiger partial charge in [-0.2, -0.15) is 0 Å². The lowest BCUT2D eigenvalue weighted by Crippen LogP contribution is -2.60. The van der Waals surface area contributed by atoms with E-state index in [1.807, 2.05) is 11.3 Å². The average molecular weight is 209 g/mol. The summed E-state index contributed by atoms with van der Waals surface area (Å²) in [5.74, 6) is 1.49. The monoisotopic (exact) mass is 209 g/mol. The van der Waals surface area contributed by atoms with Gasteiger partial charge in [0.15, 0.2) is 0 Å². The quantitative estimate of drug-likeness (QED) is 0.789. The molecule has 1 N–H and O–H groups in total. The number of hydrogen-bond acceptors (Lipinski definition) is 2. The molecule has 1 aliphatic carbocycles. The Morgan fingerprint density at radius 3 is 2.57 bits per heavy atom. The van der Waals surface area contributed by atoms with Gasteiger partial charge < -0.3 is 5.32 Å². The maximum atomic E-state index is 3.44. The van der Waals surface area contributed by atoms with Gasteiger partial charge in [0.1, 0.15) is 0 Å². The van der Waals surface area contributed by atoms with E-state index in [9.17, 15) is 0 Å². The van der Waals surface area contributed by atoms with Crippen LogP contribution >= 0.6 is 11.3 Å². The third-order valence-corrected chi connectivity index (χ3v) is 4.77. The molecule has 0 radical (unpaired) electrons. The van der Waals surface area contributed by atoms with E-state index >= 15 is 0 Å². The summed E-state index contributed by atoms with van der Waals surface area (Å²) in [5.41, 5.74) is 0.402. The molecule has 3 atom stereocenters. The Kier molecular flexibility index (Phi) is 2.44. The highest BCUT2D eigenvalue weighted by atomic mass is 32.1. The Bertz CT molecular complexity index is 302. The van der Waals surface area contributed by atoms with Gasteiger partial charge in [-0.25, -0.2) is 0 Å². The minimum Gasteiger partial charge on any atom is -0.316 e. The predicted molar refractivity (Wildman–Crippen MR) is 62.9 cm³/mol. The third kappa shape index (κ3) is 1.24. The average Bonchev–Trinajstić information content (AvgIpc) is 2.57. The zero-order valence-electron chi connectivity index (χ0n) is 9.37. The lowest BCUT2D eigenvalue weighted by Gasteiger charge is -2.57. The fourth-order valence-corrected chi connectivity index (χ4v) is 4.49. The largest absolute Gasteiger partial charge is 0.316 e. The van der Waals surface area contributed by atoms with Crippen LogP contribution in [0.5, 0.6) is 0 Å². The lowest BCUT2D eigenvalue weighted by molar-refractivity contribution is 0.00709. The SMILES string of the molecule is CNC1C(C)C(c2cccs2)C1(C)C. The molecular formula is C12H19NS. The van der Waals surface area contributed by atoms with Gasteiger partial charge in [-0.05, 0) is 29.8 Å². The summed E-state index contributed by atoms with van der Waals surface area (Å²) in [5, 5.41) is 5.62. The zero-order valence-corrected chi connectivity index (χ0v) is 10.2. The third-order valence-electron chi connectivity index (χ3n) is 3.82. The molecule has 1 heterocycles. The van der Waals surface area contributed by atoms with Gasteiger partial charge in [0.2, 0.25) is 0 Å². The molecule has 2 rings (SSSR count). The van der Waals surface area contributed by atoms with E-state index in [1.165, 1.54) is 0 Å². The van der Waals surface area contributed by atoms with Crippen molar-refractivity contribution in [1.82, 2.24) is 5.32 Å². The van der Waals surface area contributed by atoms with Crippen molar-refractivity contribution in [2.75, 3.05) is 7.05 Å². The van der Waals surface area contributed by atoms with E-state index in [4.69, 9.17) is 0 Å².